The van der Waals surface area contributed by atoms with E-state index in [2.05, 4.69) is 15.7 Å². The Labute approximate surface area is 179 Å². The number of anilines is 2. The van der Waals surface area contributed by atoms with Crippen LogP contribution in [-0.4, -0.2) is 34.9 Å². The highest BCUT2D eigenvalue weighted by molar-refractivity contribution is 5.95. The molecule has 160 valence electrons. The molecule has 1 atom stereocenters. The molecule has 1 fully saturated rings. The fraction of sp³-hybridized carbons (Fsp3) is 0.261. The molecular formula is C23H24N4O4. The first-order chi connectivity index (χ1) is 15.1. The second-order valence-corrected chi connectivity index (χ2v) is 7.28. The third-order valence-corrected chi connectivity index (χ3v) is 4.98. The van der Waals surface area contributed by atoms with Gasteiger partial charge in [0.1, 0.15) is 5.75 Å². The minimum Gasteiger partial charge on any atom is -0.453 e. The molecule has 31 heavy (non-hydrogen) atoms. The maximum absolute atomic E-state index is 12.7. The van der Waals surface area contributed by atoms with E-state index in [0.717, 1.165) is 19.4 Å². The van der Waals surface area contributed by atoms with Crippen molar-refractivity contribution < 1.29 is 14.3 Å². The van der Waals surface area contributed by atoms with E-state index in [0.29, 0.717) is 29.3 Å². The summed E-state index contributed by atoms with van der Waals surface area (Å²) in [6, 6.07) is 16.1. The quantitative estimate of drug-likeness (QED) is 0.610. The van der Waals surface area contributed by atoms with Crippen LogP contribution in [0.25, 0.3) is 0 Å². The summed E-state index contributed by atoms with van der Waals surface area (Å²) in [7, 11) is 1.56. The van der Waals surface area contributed by atoms with E-state index in [4.69, 9.17) is 9.47 Å². The number of aryl methyl sites for hydroxylation is 1. The van der Waals surface area contributed by atoms with Crippen molar-refractivity contribution >= 4 is 17.3 Å². The molecule has 2 N–H and O–H groups in total. The molecule has 3 aromatic rings. The van der Waals surface area contributed by atoms with Gasteiger partial charge in [-0.05, 0) is 43.2 Å². The molecule has 1 aliphatic heterocycles. The number of ether oxygens (including phenoxy) is 2. The zero-order valence-corrected chi connectivity index (χ0v) is 17.2. The third kappa shape index (κ3) is 5.10. The summed E-state index contributed by atoms with van der Waals surface area (Å²) in [6.07, 6.45) is 3.53. The third-order valence-electron chi connectivity index (χ3n) is 4.98. The molecule has 4 rings (SSSR count). The van der Waals surface area contributed by atoms with Gasteiger partial charge in [0.05, 0.1) is 12.3 Å². The van der Waals surface area contributed by atoms with Crippen LogP contribution in [0, 0.1) is 0 Å². The number of hydrogen-bond donors (Lipinski definition) is 2. The minimum absolute atomic E-state index is 0.0720. The standard InChI is InChI=1S/C23H24N4O4/c1-27-23(29)21(20(15-25-27)31-18-9-3-2-4-10-18)26-17-8-5-7-16(13-17)22(28)24-14-19-11-6-12-30-19/h2-5,7-10,13,15,19,26H,6,11-12,14H2,1H3,(H,24,28)/t19-/m0/s1. The maximum atomic E-state index is 12.7. The summed E-state index contributed by atoms with van der Waals surface area (Å²) < 4.78 is 12.6. The summed E-state index contributed by atoms with van der Waals surface area (Å²) >= 11 is 0. The van der Waals surface area contributed by atoms with Gasteiger partial charge < -0.3 is 20.1 Å². The van der Waals surface area contributed by atoms with Crippen molar-refractivity contribution in [3.05, 3.63) is 76.7 Å². The lowest BCUT2D eigenvalue weighted by Gasteiger charge is -2.14. The summed E-state index contributed by atoms with van der Waals surface area (Å²) in [4.78, 5) is 25.3. The van der Waals surface area contributed by atoms with Crippen molar-refractivity contribution in [3.63, 3.8) is 0 Å². The van der Waals surface area contributed by atoms with Crippen molar-refractivity contribution in [3.8, 4) is 11.5 Å². The second kappa shape index (κ2) is 9.44. The number of amides is 1. The Morgan fingerprint density at radius 2 is 2.06 bits per heavy atom. The van der Waals surface area contributed by atoms with Gasteiger partial charge in [0, 0.05) is 31.5 Å². The molecule has 2 aromatic carbocycles. The zero-order chi connectivity index (χ0) is 21.6. The van der Waals surface area contributed by atoms with Crippen LogP contribution in [0.3, 0.4) is 0 Å². The first-order valence-electron chi connectivity index (χ1n) is 10.2. The zero-order valence-electron chi connectivity index (χ0n) is 17.2. The molecule has 0 bridgehead atoms. The lowest BCUT2D eigenvalue weighted by molar-refractivity contribution is 0.0858. The molecule has 0 aliphatic carbocycles. The van der Waals surface area contributed by atoms with Crippen molar-refractivity contribution in [1.29, 1.82) is 0 Å². The SMILES string of the molecule is Cn1ncc(Oc2ccccc2)c(Nc2cccc(C(=O)NC[C@@H]3CCCO3)c2)c1=O. The number of para-hydroxylation sites is 1. The Hall–Kier alpha value is -3.65. The molecule has 8 nitrogen and oxygen atoms in total. The van der Waals surface area contributed by atoms with Crippen LogP contribution in [0.1, 0.15) is 23.2 Å². The Bertz CT molecular complexity index is 1110. The van der Waals surface area contributed by atoms with Crippen LogP contribution in [0.5, 0.6) is 11.5 Å². The molecular weight excluding hydrogens is 396 g/mol. The highest BCUT2D eigenvalue weighted by Crippen LogP contribution is 2.28. The lowest BCUT2D eigenvalue weighted by atomic mass is 10.1. The molecule has 8 heteroatoms. The van der Waals surface area contributed by atoms with Gasteiger partial charge in [0.25, 0.3) is 11.5 Å². The molecule has 0 spiro atoms. The Morgan fingerprint density at radius 1 is 1.23 bits per heavy atom. The largest absolute Gasteiger partial charge is 0.453 e. The van der Waals surface area contributed by atoms with Crippen molar-refractivity contribution in [2.45, 2.75) is 18.9 Å². The van der Waals surface area contributed by atoms with Crippen molar-refractivity contribution in [1.82, 2.24) is 15.1 Å². The van der Waals surface area contributed by atoms with Gasteiger partial charge in [-0.2, -0.15) is 5.10 Å². The average Bonchev–Trinajstić information content (AvgIpc) is 3.32. The van der Waals surface area contributed by atoms with Crippen molar-refractivity contribution in [2.24, 2.45) is 7.05 Å². The topological polar surface area (TPSA) is 94.5 Å². The predicted octanol–water partition coefficient (Wildman–Crippen LogP) is 3.23. The van der Waals surface area contributed by atoms with Gasteiger partial charge in [-0.3, -0.25) is 9.59 Å². The van der Waals surface area contributed by atoms with Gasteiger partial charge >= 0.3 is 0 Å². The Kier molecular flexibility index (Phi) is 6.28. The number of carbonyl (C=O) groups excluding carboxylic acids is 1. The van der Waals surface area contributed by atoms with Gasteiger partial charge in [0.15, 0.2) is 11.4 Å². The summed E-state index contributed by atoms with van der Waals surface area (Å²) in [6.45, 7) is 1.23. The van der Waals surface area contributed by atoms with Gasteiger partial charge in [-0.25, -0.2) is 4.68 Å². The Balaban J connectivity index is 1.53. The summed E-state index contributed by atoms with van der Waals surface area (Å²) in [5.41, 5.74) is 0.963. The summed E-state index contributed by atoms with van der Waals surface area (Å²) in [5.74, 6) is 0.688. The van der Waals surface area contributed by atoms with E-state index >= 15 is 0 Å². The highest BCUT2D eigenvalue weighted by Gasteiger charge is 2.17. The van der Waals surface area contributed by atoms with Crippen LogP contribution in [0.4, 0.5) is 11.4 Å². The number of rotatable bonds is 7. The van der Waals surface area contributed by atoms with E-state index in [9.17, 15) is 9.59 Å². The van der Waals surface area contributed by atoms with Crippen LogP contribution in [-0.2, 0) is 11.8 Å². The highest BCUT2D eigenvalue weighted by atomic mass is 16.5. The smallest absolute Gasteiger partial charge is 0.294 e. The number of carbonyl (C=O) groups is 1. The van der Waals surface area contributed by atoms with Crippen LogP contribution < -0.4 is 20.9 Å². The van der Waals surface area contributed by atoms with Crippen LogP contribution in [0.15, 0.2) is 65.6 Å². The molecule has 1 saturated heterocycles. The molecule has 0 radical (unpaired) electrons. The normalized spacial score (nSPS) is 15.5. The fourth-order valence-corrected chi connectivity index (χ4v) is 3.33. The minimum atomic E-state index is -0.346. The van der Waals surface area contributed by atoms with Gasteiger partial charge in [-0.1, -0.05) is 24.3 Å². The number of nitrogens with zero attached hydrogens (tertiary/aromatic N) is 2. The van der Waals surface area contributed by atoms with Crippen molar-refractivity contribution in [2.75, 3.05) is 18.5 Å². The molecule has 0 unspecified atom stereocenters. The first kappa shape index (κ1) is 20.6. The molecule has 0 saturated carbocycles. The van der Waals surface area contributed by atoms with Crippen LogP contribution in [0.2, 0.25) is 0 Å². The van der Waals surface area contributed by atoms with E-state index in [1.54, 1.807) is 43.4 Å². The van der Waals surface area contributed by atoms with Gasteiger partial charge in [-0.15, -0.1) is 0 Å². The van der Waals surface area contributed by atoms with E-state index < -0.39 is 0 Å². The molecule has 1 aliphatic rings. The molecule has 1 aromatic heterocycles. The first-order valence-corrected chi connectivity index (χ1v) is 10.2. The van der Waals surface area contributed by atoms with E-state index in [1.807, 2.05) is 18.2 Å². The fourth-order valence-electron chi connectivity index (χ4n) is 3.33. The van der Waals surface area contributed by atoms with Gasteiger partial charge in [0.2, 0.25) is 0 Å². The van der Waals surface area contributed by atoms with E-state index in [1.165, 1.54) is 10.9 Å². The lowest BCUT2D eigenvalue weighted by Crippen LogP contribution is -2.31. The second-order valence-electron chi connectivity index (χ2n) is 7.28. The maximum Gasteiger partial charge on any atom is 0.294 e. The predicted molar refractivity (Wildman–Crippen MR) is 117 cm³/mol. The van der Waals surface area contributed by atoms with Crippen LogP contribution >= 0.6 is 0 Å². The molecule has 2 heterocycles. The molecule has 1 amide bonds. The number of hydrogen-bond acceptors (Lipinski definition) is 6. The summed E-state index contributed by atoms with van der Waals surface area (Å²) in [5, 5.41) is 10.0. The van der Waals surface area contributed by atoms with E-state index in [-0.39, 0.29) is 23.3 Å². The Morgan fingerprint density at radius 3 is 2.84 bits per heavy atom. The monoisotopic (exact) mass is 420 g/mol. The number of nitrogens with one attached hydrogen (secondary N) is 2. The number of aromatic nitrogens is 2. The number of benzene rings is 2. The average molecular weight is 420 g/mol.